The molecule has 25 heavy (non-hydrogen) atoms. The molecule has 0 bridgehead atoms. The molecule has 6 nitrogen and oxygen atoms in total. The van der Waals surface area contributed by atoms with E-state index in [0.717, 1.165) is 5.56 Å². The van der Waals surface area contributed by atoms with Gasteiger partial charge in [0.05, 0.1) is 4.90 Å². The number of rotatable bonds is 7. The fourth-order valence-electron chi connectivity index (χ4n) is 2.27. The Hall–Kier alpha value is -2.38. The normalized spacial score (nSPS) is 13.7. The lowest BCUT2D eigenvalue weighted by Crippen LogP contribution is -2.33. The molecule has 0 heterocycles. The lowest BCUT2D eigenvalue weighted by Gasteiger charge is -2.16. The Kier molecular flexibility index (Phi) is 6.17. The van der Waals surface area contributed by atoms with Crippen molar-refractivity contribution in [3.63, 3.8) is 0 Å². The zero-order valence-electron chi connectivity index (χ0n) is 14.4. The number of hydrogen-bond acceptors (Lipinski definition) is 4. The molecule has 0 saturated heterocycles. The second kappa shape index (κ2) is 8.13. The van der Waals surface area contributed by atoms with Gasteiger partial charge in [0.25, 0.3) is 5.91 Å². The van der Waals surface area contributed by atoms with Gasteiger partial charge >= 0.3 is 0 Å². The van der Waals surface area contributed by atoms with Gasteiger partial charge in [0.15, 0.2) is 6.10 Å². The number of benzene rings is 2. The van der Waals surface area contributed by atoms with Crippen LogP contribution in [0.2, 0.25) is 0 Å². The third kappa shape index (κ3) is 5.04. The SMILES string of the molecule is CNC(=O)[C@H](C)Oc1ccc(S(=O)(=O)N[C@@H](C)c2ccccc2)cc1. The molecule has 2 aromatic carbocycles. The molecular weight excluding hydrogens is 340 g/mol. The smallest absolute Gasteiger partial charge is 0.260 e. The number of sulfonamides is 1. The van der Waals surface area contributed by atoms with E-state index < -0.39 is 16.1 Å². The summed E-state index contributed by atoms with van der Waals surface area (Å²) in [6.45, 7) is 3.40. The van der Waals surface area contributed by atoms with Crippen molar-refractivity contribution in [1.82, 2.24) is 10.0 Å². The Labute approximate surface area is 148 Å². The van der Waals surface area contributed by atoms with Crippen molar-refractivity contribution in [2.75, 3.05) is 7.05 Å². The summed E-state index contributed by atoms with van der Waals surface area (Å²) in [7, 11) is -2.13. The number of nitrogens with one attached hydrogen (secondary N) is 2. The highest BCUT2D eigenvalue weighted by Gasteiger charge is 2.19. The second-order valence-electron chi connectivity index (χ2n) is 5.60. The van der Waals surface area contributed by atoms with Crippen LogP contribution < -0.4 is 14.8 Å². The summed E-state index contributed by atoms with van der Waals surface area (Å²) in [5.41, 5.74) is 0.880. The molecule has 1 amide bonds. The molecule has 0 aliphatic heterocycles. The number of ether oxygens (including phenoxy) is 1. The van der Waals surface area contributed by atoms with Crippen molar-refractivity contribution < 1.29 is 17.9 Å². The van der Waals surface area contributed by atoms with Gasteiger partial charge in [0.1, 0.15) is 5.75 Å². The van der Waals surface area contributed by atoms with Crippen molar-refractivity contribution in [3.05, 3.63) is 60.2 Å². The minimum atomic E-state index is -3.66. The molecule has 2 rings (SSSR count). The summed E-state index contributed by atoms with van der Waals surface area (Å²) >= 11 is 0. The molecule has 0 aliphatic rings. The Morgan fingerprint density at radius 1 is 1.00 bits per heavy atom. The van der Waals surface area contributed by atoms with Crippen LogP contribution in [0.4, 0.5) is 0 Å². The molecule has 0 aromatic heterocycles. The maximum absolute atomic E-state index is 12.5. The average Bonchev–Trinajstić information content (AvgIpc) is 2.61. The number of likely N-dealkylation sites (N-methyl/N-ethyl adjacent to an activating group) is 1. The predicted molar refractivity (Wildman–Crippen MR) is 95.8 cm³/mol. The van der Waals surface area contributed by atoms with Crippen LogP contribution in [0.3, 0.4) is 0 Å². The van der Waals surface area contributed by atoms with Crippen molar-refractivity contribution in [1.29, 1.82) is 0 Å². The molecule has 7 heteroatoms. The number of carbonyl (C=O) groups is 1. The first-order chi connectivity index (χ1) is 11.8. The van der Waals surface area contributed by atoms with E-state index in [0.29, 0.717) is 5.75 Å². The molecule has 0 spiro atoms. The lowest BCUT2D eigenvalue weighted by atomic mass is 10.1. The van der Waals surface area contributed by atoms with Crippen LogP contribution in [-0.2, 0) is 14.8 Å². The highest BCUT2D eigenvalue weighted by molar-refractivity contribution is 7.89. The van der Waals surface area contributed by atoms with Crippen LogP contribution >= 0.6 is 0 Å². The van der Waals surface area contributed by atoms with Crippen molar-refractivity contribution in [2.24, 2.45) is 0 Å². The number of hydrogen-bond donors (Lipinski definition) is 2. The maximum Gasteiger partial charge on any atom is 0.260 e. The second-order valence-corrected chi connectivity index (χ2v) is 7.31. The maximum atomic E-state index is 12.5. The first kappa shape index (κ1) is 19.0. The summed E-state index contributed by atoms with van der Waals surface area (Å²) in [5, 5.41) is 2.49. The monoisotopic (exact) mass is 362 g/mol. The van der Waals surface area contributed by atoms with Gasteiger partial charge < -0.3 is 10.1 Å². The molecule has 0 unspecified atom stereocenters. The molecule has 0 aliphatic carbocycles. The zero-order chi connectivity index (χ0) is 18.4. The number of carbonyl (C=O) groups excluding carboxylic acids is 1. The predicted octanol–water partition coefficient (Wildman–Crippen LogP) is 2.24. The van der Waals surface area contributed by atoms with Crippen LogP contribution in [0.5, 0.6) is 5.75 Å². The fourth-order valence-corrected chi connectivity index (χ4v) is 3.50. The van der Waals surface area contributed by atoms with E-state index in [9.17, 15) is 13.2 Å². The molecule has 2 N–H and O–H groups in total. The quantitative estimate of drug-likeness (QED) is 0.791. The van der Waals surface area contributed by atoms with Gasteiger partial charge in [-0.05, 0) is 43.7 Å². The van der Waals surface area contributed by atoms with Gasteiger partial charge in [-0.3, -0.25) is 4.79 Å². The summed E-state index contributed by atoms with van der Waals surface area (Å²) in [6.07, 6.45) is -0.663. The van der Waals surface area contributed by atoms with Crippen LogP contribution in [0, 0.1) is 0 Å². The Bertz CT molecular complexity index is 805. The van der Waals surface area contributed by atoms with E-state index in [-0.39, 0.29) is 16.8 Å². The van der Waals surface area contributed by atoms with Gasteiger partial charge in [0, 0.05) is 13.1 Å². The van der Waals surface area contributed by atoms with Crippen molar-refractivity contribution >= 4 is 15.9 Å². The van der Waals surface area contributed by atoms with Crippen LogP contribution in [0.25, 0.3) is 0 Å². The van der Waals surface area contributed by atoms with Gasteiger partial charge in [-0.25, -0.2) is 13.1 Å². The Morgan fingerprint density at radius 3 is 2.16 bits per heavy atom. The first-order valence-corrected chi connectivity index (χ1v) is 9.37. The Morgan fingerprint density at radius 2 is 1.60 bits per heavy atom. The van der Waals surface area contributed by atoms with Gasteiger partial charge in [0.2, 0.25) is 10.0 Å². The lowest BCUT2D eigenvalue weighted by molar-refractivity contribution is -0.126. The van der Waals surface area contributed by atoms with Crippen LogP contribution in [0.1, 0.15) is 25.5 Å². The van der Waals surface area contributed by atoms with Crippen molar-refractivity contribution in [2.45, 2.75) is 30.9 Å². The fraction of sp³-hybridized carbons (Fsp3) is 0.278. The van der Waals surface area contributed by atoms with Crippen LogP contribution in [0.15, 0.2) is 59.5 Å². The van der Waals surface area contributed by atoms with E-state index in [4.69, 9.17) is 4.74 Å². The molecule has 2 atom stereocenters. The highest BCUT2D eigenvalue weighted by Crippen LogP contribution is 2.20. The number of amides is 1. The molecule has 0 radical (unpaired) electrons. The third-order valence-corrected chi connectivity index (χ3v) is 5.25. The summed E-state index contributed by atoms with van der Waals surface area (Å²) in [6, 6.07) is 14.9. The van der Waals surface area contributed by atoms with Gasteiger partial charge in [-0.15, -0.1) is 0 Å². The van der Waals surface area contributed by atoms with Crippen LogP contribution in [-0.4, -0.2) is 27.5 Å². The Balaban J connectivity index is 2.08. The zero-order valence-corrected chi connectivity index (χ0v) is 15.2. The standard InChI is InChI=1S/C18H22N2O4S/c1-13(15-7-5-4-6-8-15)20-25(22,23)17-11-9-16(10-12-17)24-14(2)18(21)19-3/h4-14,20H,1-3H3,(H,19,21)/t13-,14-/m0/s1. The van der Waals surface area contributed by atoms with E-state index >= 15 is 0 Å². The topological polar surface area (TPSA) is 84.5 Å². The highest BCUT2D eigenvalue weighted by atomic mass is 32.2. The molecule has 134 valence electrons. The molecule has 2 aromatic rings. The van der Waals surface area contributed by atoms with E-state index in [1.54, 1.807) is 13.8 Å². The minimum absolute atomic E-state index is 0.134. The van der Waals surface area contributed by atoms with E-state index in [2.05, 4.69) is 10.0 Å². The average molecular weight is 362 g/mol. The summed E-state index contributed by atoms with van der Waals surface area (Å²) in [5.74, 6) is 0.168. The minimum Gasteiger partial charge on any atom is -0.481 e. The molecular formula is C18H22N2O4S. The third-order valence-electron chi connectivity index (χ3n) is 3.69. The van der Waals surface area contributed by atoms with E-state index in [1.807, 2.05) is 30.3 Å². The van der Waals surface area contributed by atoms with Gasteiger partial charge in [-0.2, -0.15) is 0 Å². The molecule has 0 fully saturated rings. The molecule has 0 saturated carbocycles. The van der Waals surface area contributed by atoms with Crippen molar-refractivity contribution in [3.8, 4) is 5.75 Å². The largest absolute Gasteiger partial charge is 0.481 e. The van der Waals surface area contributed by atoms with Gasteiger partial charge in [-0.1, -0.05) is 30.3 Å². The first-order valence-electron chi connectivity index (χ1n) is 7.89. The van der Waals surface area contributed by atoms with E-state index in [1.165, 1.54) is 31.3 Å². The summed E-state index contributed by atoms with van der Waals surface area (Å²) < 4.78 is 33.1. The summed E-state index contributed by atoms with van der Waals surface area (Å²) in [4.78, 5) is 11.6.